The van der Waals surface area contributed by atoms with Crippen molar-refractivity contribution in [2.75, 3.05) is 13.7 Å². The highest BCUT2D eigenvalue weighted by atomic mass is 16.5. The maximum atomic E-state index is 11.6. The van der Waals surface area contributed by atoms with Crippen LogP contribution in [-0.4, -0.2) is 47.0 Å². The van der Waals surface area contributed by atoms with Crippen molar-refractivity contribution in [3.8, 4) is 0 Å². The van der Waals surface area contributed by atoms with Crippen LogP contribution in [0.5, 0.6) is 0 Å². The number of rotatable bonds is 7. The van der Waals surface area contributed by atoms with Gasteiger partial charge in [-0.1, -0.05) is 30.3 Å². The van der Waals surface area contributed by atoms with Gasteiger partial charge in [0.1, 0.15) is 18.8 Å². The van der Waals surface area contributed by atoms with Crippen LogP contribution in [0.2, 0.25) is 0 Å². The molecular formula is C18H20N2O6. The maximum absolute atomic E-state index is 11.6. The lowest BCUT2D eigenvalue weighted by Crippen LogP contribution is -2.36. The Morgan fingerprint density at radius 2 is 1.88 bits per heavy atom. The molecule has 0 fully saturated rings. The number of aliphatic hydroxyl groups is 2. The number of ether oxygens (including phenoxy) is 2. The standard InChI is InChI=1S/C18H20N2O6/c1-25-17(23)13-7-8-14(19-9-13)16(22)15(21)10-20-18(24)26-11-12-5-3-2-4-6-12/h2-9,15-16,21-22H,10-11H2,1H3,(H,20,24). The Kier molecular flexibility index (Phi) is 7.07. The molecular weight excluding hydrogens is 340 g/mol. The van der Waals surface area contributed by atoms with Gasteiger partial charge in [-0.2, -0.15) is 0 Å². The van der Waals surface area contributed by atoms with Crippen molar-refractivity contribution >= 4 is 12.1 Å². The second-order valence-electron chi connectivity index (χ2n) is 5.42. The number of alkyl carbamates (subject to hydrolysis) is 1. The van der Waals surface area contributed by atoms with Gasteiger partial charge >= 0.3 is 12.1 Å². The summed E-state index contributed by atoms with van der Waals surface area (Å²) < 4.78 is 9.56. The zero-order chi connectivity index (χ0) is 18.9. The van der Waals surface area contributed by atoms with Gasteiger partial charge in [0.15, 0.2) is 0 Å². The zero-order valence-electron chi connectivity index (χ0n) is 14.2. The van der Waals surface area contributed by atoms with E-state index < -0.39 is 24.3 Å². The first-order valence-electron chi connectivity index (χ1n) is 7.86. The molecule has 26 heavy (non-hydrogen) atoms. The van der Waals surface area contributed by atoms with Crippen LogP contribution in [0.3, 0.4) is 0 Å². The molecule has 0 spiro atoms. The molecule has 1 heterocycles. The molecule has 0 aliphatic rings. The van der Waals surface area contributed by atoms with Crippen LogP contribution in [-0.2, 0) is 16.1 Å². The number of hydrogen-bond acceptors (Lipinski definition) is 7. The van der Waals surface area contributed by atoms with Crippen molar-refractivity contribution < 1.29 is 29.3 Å². The quantitative estimate of drug-likeness (QED) is 0.635. The van der Waals surface area contributed by atoms with Crippen molar-refractivity contribution in [1.82, 2.24) is 10.3 Å². The predicted molar refractivity (Wildman–Crippen MR) is 91.2 cm³/mol. The number of methoxy groups -OCH3 is 1. The largest absolute Gasteiger partial charge is 0.465 e. The van der Waals surface area contributed by atoms with Crippen LogP contribution in [0.25, 0.3) is 0 Å². The van der Waals surface area contributed by atoms with E-state index in [4.69, 9.17) is 4.74 Å². The van der Waals surface area contributed by atoms with Crippen LogP contribution >= 0.6 is 0 Å². The number of esters is 1. The van der Waals surface area contributed by atoms with Gasteiger partial charge in [0.2, 0.25) is 0 Å². The molecule has 8 heteroatoms. The van der Waals surface area contributed by atoms with Gasteiger partial charge in [-0.05, 0) is 17.7 Å². The Morgan fingerprint density at radius 3 is 2.50 bits per heavy atom. The number of benzene rings is 1. The number of pyridine rings is 1. The Balaban J connectivity index is 1.80. The fraction of sp³-hybridized carbons (Fsp3) is 0.278. The SMILES string of the molecule is COC(=O)c1ccc(C(O)C(O)CNC(=O)OCc2ccccc2)nc1. The molecule has 2 aromatic rings. The van der Waals surface area contributed by atoms with E-state index in [9.17, 15) is 19.8 Å². The summed E-state index contributed by atoms with van der Waals surface area (Å²) in [6.45, 7) is -0.128. The second kappa shape index (κ2) is 9.50. The normalized spacial score (nSPS) is 12.7. The lowest BCUT2D eigenvalue weighted by atomic mass is 10.1. The van der Waals surface area contributed by atoms with E-state index in [0.717, 1.165) is 5.56 Å². The van der Waals surface area contributed by atoms with Crippen molar-refractivity contribution in [3.05, 3.63) is 65.5 Å². The summed E-state index contributed by atoms with van der Waals surface area (Å²) in [4.78, 5) is 26.9. The van der Waals surface area contributed by atoms with E-state index in [-0.39, 0.29) is 24.4 Å². The molecule has 2 rings (SSSR count). The summed E-state index contributed by atoms with van der Waals surface area (Å²) in [5.74, 6) is -0.554. The monoisotopic (exact) mass is 360 g/mol. The summed E-state index contributed by atoms with van der Waals surface area (Å²) in [6, 6.07) is 12.0. The van der Waals surface area contributed by atoms with Crippen LogP contribution in [0, 0.1) is 0 Å². The van der Waals surface area contributed by atoms with Crippen molar-refractivity contribution in [1.29, 1.82) is 0 Å². The molecule has 0 radical (unpaired) electrons. The molecule has 0 bridgehead atoms. The first-order valence-corrected chi connectivity index (χ1v) is 7.86. The topological polar surface area (TPSA) is 118 Å². The molecule has 1 amide bonds. The first kappa shape index (κ1) is 19.4. The van der Waals surface area contributed by atoms with Gasteiger partial charge in [-0.15, -0.1) is 0 Å². The van der Waals surface area contributed by atoms with Gasteiger partial charge in [-0.25, -0.2) is 9.59 Å². The third-order valence-electron chi connectivity index (χ3n) is 3.54. The molecule has 0 aliphatic heterocycles. The summed E-state index contributed by atoms with van der Waals surface area (Å²) >= 11 is 0. The van der Waals surface area contributed by atoms with E-state index >= 15 is 0 Å². The van der Waals surface area contributed by atoms with Gasteiger partial charge in [0.25, 0.3) is 0 Å². The van der Waals surface area contributed by atoms with Crippen molar-refractivity contribution in [3.63, 3.8) is 0 Å². The lowest BCUT2D eigenvalue weighted by Gasteiger charge is -2.18. The average molecular weight is 360 g/mol. The van der Waals surface area contributed by atoms with Gasteiger partial charge in [0.05, 0.1) is 18.4 Å². The summed E-state index contributed by atoms with van der Waals surface area (Å²) in [5.41, 5.74) is 1.21. The highest BCUT2D eigenvalue weighted by Gasteiger charge is 2.21. The van der Waals surface area contributed by atoms with Crippen molar-refractivity contribution in [2.45, 2.75) is 18.8 Å². The third kappa shape index (κ3) is 5.54. The Hall–Kier alpha value is -2.97. The van der Waals surface area contributed by atoms with Gasteiger partial charge in [0, 0.05) is 12.7 Å². The number of nitrogens with zero attached hydrogens (tertiary/aromatic N) is 1. The van der Waals surface area contributed by atoms with E-state index in [2.05, 4.69) is 15.0 Å². The Morgan fingerprint density at radius 1 is 1.15 bits per heavy atom. The minimum Gasteiger partial charge on any atom is -0.465 e. The molecule has 2 atom stereocenters. The third-order valence-corrected chi connectivity index (χ3v) is 3.54. The number of carbonyl (C=O) groups is 2. The number of amides is 1. The highest BCUT2D eigenvalue weighted by molar-refractivity contribution is 5.88. The maximum Gasteiger partial charge on any atom is 0.407 e. The lowest BCUT2D eigenvalue weighted by molar-refractivity contribution is 0.0159. The molecule has 0 aliphatic carbocycles. The molecule has 8 nitrogen and oxygen atoms in total. The Labute approximate surface area is 150 Å². The van der Waals surface area contributed by atoms with Crippen LogP contribution in [0.4, 0.5) is 4.79 Å². The highest BCUT2D eigenvalue weighted by Crippen LogP contribution is 2.15. The van der Waals surface area contributed by atoms with Crippen LogP contribution in [0.15, 0.2) is 48.7 Å². The molecule has 0 saturated carbocycles. The summed E-state index contributed by atoms with van der Waals surface area (Å²) in [7, 11) is 1.25. The Bertz CT molecular complexity index is 720. The fourth-order valence-corrected chi connectivity index (χ4v) is 2.09. The van der Waals surface area contributed by atoms with Gasteiger partial charge in [-0.3, -0.25) is 4.98 Å². The predicted octanol–water partition coefficient (Wildman–Crippen LogP) is 1.19. The van der Waals surface area contributed by atoms with E-state index in [1.54, 1.807) is 0 Å². The van der Waals surface area contributed by atoms with Crippen molar-refractivity contribution in [2.24, 2.45) is 0 Å². The molecule has 3 N–H and O–H groups in total. The minimum atomic E-state index is -1.34. The number of carbonyl (C=O) groups excluding carboxylic acids is 2. The smallest absolute Gasteiger partial charge is 0.407 e. The van der Waals surface area contributed by atoms with E-state index in [0.29, 0.717) is 0 Å². The molecule has 1 aromatic heterocycles. The second-order valence-corrected chi connectivity index (χ2v) is 5.42. The summed E-state index contributed by atoms with van der Waals surface area (Å²) in [5, 5.41) is 22.4. The first-order chi connectivity index (χ1) is 12.5. The number of aliphatic hydroxyl groups excluding tert-OH is 2. The minimum absolute atomic E-state index is 0.0991. The zero-order valence-corrected chi connectivity index (χ0v) is 14.2. The molecule has 1 aromatic carbocycles. The van der Waals surface area contributed by atoms with E-state index in [1.807, 2.05) is 30.3 Å². The van der Waals surface area contributed by atoms with Crippen LogP contribution in [0.1, 0.15) is 27.7 Å². The molecule has 138 valence electrons. The average Bonchev–Trinajstić information content (AvgIpc) is 2.70. The van der Waals surface area contributed by atoms with Gasteiger partial charge < -0.3 is 25.0 Å². The molecule has 2 unspecified atom stereocenters. The fourth-order valence-electron chi connectivity index (χ4n) is 2.09. The van der Waals surface area contributed by atoms with E-state index in [1.165, 1.54) is 25.4 Å². The van der Waals surface area contributed by atoms with Crippen LogP contribution < -0.4 is 5.32 Å². The molecule has 0 saturated heterocycles. The summed E-state index contributed by atoms with van der Waals surface area (Å²) in [6.07, 6.45) is -2.11. The number of aromatic nitrogens is 1. The number of hydrogen-bond donors (Lipinski definition) is 3. The number of nitrogens with one attached hydrogen (secondary N) is 1.